The minimum Gasteiger partial charge on any atom is -0.370 e. The average Bonchev–Trinajstić information content (AvgIpc) is 3.04. The summed E-state index contributed by atoms with van der Waals surface area (Å²) in [5, 5.41) is 8.94. The van der Waals surface area contributed by atoms with Gasteiger partial charge in [0, 0.05) is 44.0 Å². The third kappa shape index (κ3) is 5.06. The van der Waals surface area contributed by atoms with Gasteiger partial charge in [0.15, 0.2) is 0 Å². The zero-order valence-corrected chi connectivity index (χ0v) is 17.4. The molecule has 0 aromatic heterocycles. The highest BCUT2D eigenvalue weighted by molar-refractivity contribution is 7.89. The topological polar surface area (TPSA) is 93.5 Å². The summed E-state index contributed by atoms with van der Waals surface area (Å²) in [7, 11) is -3.61. The molecule has 0 saturated carbocycles. The van der Waals surface area contributed by atoms with Gasteiger partial charge in [0.05, 0.1) is 16.5 Å². The number of hydrogen-bond donors (Lipinski definition) is 1. The summed E-state index contributed by atoms with van der Waals surface area (Å²) in [6, 6.07) is 15.5. The first-order valence-corrected chi connectivity index (χ1v) is 11.2. The summed E-state index contributed by atoms with van der Waals surface area (Å²) in [5.74, 6) is -0.111. The second-order valence-corrected chi connectivity index (χ2v) is 8.72. The Balaban J connectivity index is 1.65. The number of nitrogens with zero attached hydrogens (tertiary/aromatic N) is 3. The van der Waals surface area contributed by atoms with E-state index in [1.165, 1.54) is 18.2 Å². The van der Waals surface area contributed by atoms with Crippen molar-refractivity contribution in [2.45, 2.75) is 11.3 Å². The first-order chi connectivity index (χ1) is 14.4. The fraction of sp³-hybridized carbons (Fsp3) is 0.273. The molecule has 7 nitrogen and oxygen atoms in total. The maximum absolute atomic E-state index is 12.9. The summed E-state index contributed by atoms with van der Waals surface area (Å²) in [5.41, 5.74) is 2.12. The van der Waals surface area contributed by atoms with Crippen LogP contribution >= 0.6 is 0 Å². The van der Waals surface area contributed by atoms with Gasteiger partial charge < -0.3 is 9.80 Å². The van der Waals surface area contributed by atoms with Crippen LogP contribution in [-0.4, -0.2) is 51.9 Å². The molecule has 0 spiro atoms. The Morgan fingerprint density at radius 3 is 2.40 bits per heavy atom. The third-order valence-electron chi connectivity index (χ3n) is 4.97. The highest BCUT2D eigenvalue weighted by Gasteiger charge is 2.21. The zero-order chi connectivity index (χ0) is 21.6. The van der Waals surface area contributed by atoms with Crippen molar-refractivity contribution in [2.75, 3.05) is 37.6 Å². The molecule has 1 amide bonds. The van der Waals surface area contributed by atoms with Gasteiger partial charge in [-0.1, -0.05) is 6.08 Å². The summed E-state index contributed by atoms with van der Waals surface area (Å²) < 4.78 is 26.7. The Bertz CT molecular complexity index is 1040. The molecule has 1 heterocycles. The van der Waals surface area contributed by atoms with Gasteiger partial charge in [0.2, 0.25) is 10.0 Å². The predicted octanol–water partition coefficient (Wildman–Crippen LogP) is 2.38. The van der Waals surface area contributed by atoms with Gasteiger partial charge in [0.25, 0.3) is 5.91 Å². The van der Waals surface area contributed by atoms with Crippen LogP contribution in [0.15, 0.2) is 66.1 Å². The molecule has 0 atom stereocenters. The number of carbonyl (C=O) groups excluding carboxylic acids is 1. The molecule has 0 aliphatic carbocycles. The Hall–Kier alpha value is -3.15. The van der Waals surface area contributed by atoms with Crippen LogP contribution in [0.1, 0.15) is 22.3 Å². The van der Waals surface area contributed by atoms with E-state index in [0.29, 0.717) is 30.8 Å². The molecular formula is C22H24N4O3S. The summed E-state index contributed by atoms with van der Waals surface area (Å²) in [4.78, 5) is 17.0. The third-order valence-corrected chi connectivity index (χ3v) is 6.41. The summed E-state index contributed by atoms with van der Waals surface area (Å²) in [6.45, 7) is 6.35. The number of nitrogens with one attached hydrogen (secondary N) is 1. The summed E-state index contributed by atoms with van der Waals surface area (Å²) >= 11 is 0. The van der Waals surface area contributed by atoms with Crippen molar-refractivity contribution in [1.82, 2.24) is 9.62 Å². The molecule has 0 radical (unpaired) electrons. The fourth-order valence-corrected chi connectivity index (χ4v) is 4.34. The highest BCUT2D eigenvalue weighted by Crippen LogP contribution is 2.19. The highest BCUT2D eigenvalue weighted by atomic mass is 32.2. The van der Waals surface area contributed by atoms with Crippen LogP contribution in [0.2, 0.25) is 0 Å². The van der Waals surface area contributed by atoms with E-state index >= 15 is 0 Å². The van der Waals surface area contributed by atoms with E-state index in [-0.39, 0.29) is 17.3 Å². The number of nitriles is 1. The Morgan fingerprint density at radius 2 is 1.77 bits per heavy atom. The quantitative estimate of drug-likeness (QED) is 0.719. The predicted molar refractivity (Wildman–Crippen MR) is 116 cm³/mol. The van der Waals surface area contributed by atoms with Gasteiger partial charge in [-0.2, -0.15) is 5.26 Å². The number of rotatable bonds is 6. The van der Waals surface area contributed by atoms with Crippen LogP contribution in [-0.2, 0) is 10.0 Å². The van der Waals surface area contributed by atoms with Gasteiger partial charge in [-0.15, -0.1) is 6.58 Å². The SMILES string of the molecule is C=CCNS(=O)(=O)c1ccc(C(=O)N2CCCN(c3ccc(C#N)cc3)CC2)cc1. The van der Waals surface area contributed by atoms with Crippen LogP contribution in [0.5, 0.6) is 0 Å². The van der Waals surface area contributed by atoms with Crippen molar-refractivity contribution in [1.29, 1.82) is 5.26 Å². The monoisotopic (exact) mass is 424 g/mol. The van der Waals surface area contributed by atoms with Gasteiger partial charge in [-0.05, 0) is 55.0 Å². The lowest BCUT2D eigenvalue weighted by molar-refractivity contribution is 0.0767. The molecule has 2 aromatic carbocycles. The van der Waals surface area contributed by atoms with Crippen LogP contribution < -0.4 is 9.62 Å². The number of carbonyl (C=O) groups is 1. The minimum absolute atomic E-state index is 0.111. The van der Waals surface area contributed by atoms with E-state index < -0.39 is 10.0 Å². The lowest BCUT2D eigenvalue weighted by Gasteiger charge is -2.24. The number of hydrogen-bond acceptors (Lipinski definition) is 5. The molecule has 1 saturated heterocycles. The Morgan fingerprint density at radius 1 is 1.07 bits per heavy atom. The van der Waals surface area contributed by atoms with Gasteiger partial charge in [0.1, 0.15) is 0 Å². The Kier molecular flexibility index (Phi) is 6.87. The largest absolute Gasteiger partial charge is 0.370 e. The van der Waals surface area contributed by atoms with E-state index in [2.05, 4.69) is 22.3 Å². The molecule has 8 heteroatoms. The lowest BCUT2D eigenvalue weighted by atomic mass is 10.2. The fourth-order valence-electron chi connectivity index (χ4n) is 3.34. The van der Waals surface area contributed by atoms with Crippen molar-refractivity contribution < 1.29 is 13.2 Å². The lowest BCUT2D eigenvalue weighted by Crippen LogP contribution is -2.35. The van der Waals surface area contributed by atoms with E-state index in [0.717, 1.165) is 18.7 Å². The first kappa shape index (κ1) is 21.6. The van der Waals surface area contributed by atoms with Crippen molar-refractivity contribution >= 4 is 21.6 Å². The Labute approximate surface area is 177 Å². The van der Waals surface area contributed by atoms with E-state index in [1.54, 1.807) is 29.2 Å². The summed E-state index contributed by atoms with van der Waals surface area (Å²) in [6.07, 6.45) is 2.29. The molecule has 0 bridgehead atoms. The van der Waals surface area contributed by atoms with Gasteiger partial charge in [-0.25, -0.2) is 13.1 Å². The molecule has 30 heavy (non-hydrogen) atoms. The zero-order valence-electron chi connectivity index (χ0n) is 16.6. The smallest absolute Gasteiger partial charge is 0.253 e. The van der Waals surface area contributed by atoms with E-state index in [4.69, 9.17) is 5.26 Å². The molecule has 1 aliphatic rings. The maximum atomic E-state index is 12.9. The van der Waals surface area contributed by atoms with Crippen LogP contribution in [0.3, 0.4) is 0 Å². The maximum Gasteiger partial charge on any atom is 0.253 e. The van der Waals surface area contributed by atoms with E-state index in [1.807, 2.05) is 12.1 Å². The normalized spacial score (nSPS) is 14.6. The second kappa shape index (κ2) is 9.57. The molecule has 1 fully saturated rings. The van der Waals surface area contributed by atoms with Crippen LogP contribution in [0.25, 0.3) is 0 Å². The van der Waals surface area contributed by atoms with Crippen LogP contribution in [0, 0.1) is 11.3 Å². The average molecular weight is 425 g/mol. The minimum atomic E-state index is -3.61. The van der Waals surface area contributed by atoms with Gasteiger partial charge >= 0.3 is 0 Å². The second-order valence-electron chi connectivity index (χ2n) is 6.96. The molecule has 1 aliphatic heterocycles. The van der Waals surface area contributed by atoms with Crippen molar-refractivity contribution in [3.8, 4) is 6.07 Å². The number of benzene rings is 2. The van der Waals surface area contributed by atoms with Crippen molar-refractivity contribution in [3.05, 3.63) is 72.3 Å². The van der Waals surface area contributed by atoms with E-state index in [9.17, 15) is 13.2 Å². The first-order valence-electron chi connectivity index (χ1n) is 9.69. The number of amides is 1. The molecule has 0 unspecified atom stereocenters. The standard InChI is InChI=1S/C22H24N4O3S/c1-2-12-24-30(28,29)21-10-6-19(7-11-21)22(27)26-14-3-13-25(15-16-26)20-8-4-18(17-23)5-9-20/h2,4-11,24H,1,3,12-16H2. The van der Waals surface area contributed by atoms with Crippen LogP contribution in [0.4, 0.5) is 5.69 Å². The van der Waals surface area contributed by atoms with Crippen molar-refractivity contribution in [2.24, 2.45) is 0 Å². The van der Waals surface area contributed by atoms with Gasteiger partial charge in [-0.3, -0.25) is 4.79 Å². The molecular weight excluding hydrogens is 400 g/mol. The number of sulfonamides is 1. The molecule has 156 valence electrons. The van der Waals surface area contributed by atoms with Crippen molar-refractivity contribution in [3.63, 3.8) is 0 Å². The molecule has 2 aromatic rings. The molecule has 1 N–H and O–H groups in total. The number of anilines is 1. The molecule has 3 rings (SSSR count).